The second kappa shape index (κ2) is 18.4. The van der Waals surface area contributed by atoms with Crippen LogP contribution in [0.3, 0.4) is 0 Å². The number of ether oxygens (including phenoxy) is 4. The van der Waals surface area contributed by atoms with E-state index in [2.05, 4.69) is 6.07 Å². The van der Waals surface area contributed by atoms with Crippen LogP contribution >= 0.6 is 23.2 Å². The maximum absolute atomic E-state index is 14.0. The van der Waals surface area contributed by atoms with Crippen molar-refractivity contribution in [3.8, 4) is 17.2 Å². The average Bonchev–Trinajstić information content (AvgIpc) is 3.89. The maximum Gasteiger partial charge on any atom is 0.315 e. The lowest BCUT2D eigenvalue weighted by Gasteiger charge is -2.37. The van der Waals surface area contributed by atoms with E-state index in [0.717, 1.165) is 47.9 Å². The van der Waals surface area contributed by atoms with Gasteiger partial charge in [-0.3, -0.25) is 4.48 Å². The molecule has 3 aromatic rings. The monoisotopic (exact) mass is 735 g/mol. The molecule has 1 fully saturated rings. The van der Waals surface area contributed by atoms with Crippen LogP contribution in [0.5, 0.6) is 17.2 Å². The Balaban J connectivity index is 1.49. The number of benzene rings is 3. The molecule has 1 aliphatic rings. The van der Waals surface area contributed by atoms with Gasteiger partial charge in [0.25, 0.3) is 0 Å². The fourth-order valence-electron chi connectivity index (χ4n) is 6.06. The quantitative estimate of drug-likeness (QED) is 0.0950. The summed E-state index contributed by atoms with van der Waals surface area (Å²) >= 11 is 12.6. The average molecular weight is 737 g/mol. The molecule has 12 heteroatoms. The first-order valence-corrected chi connectivity index (χ1v) is 19.6. The summed E-state index contributed by atoms with van der Waals surface area (Å²) in [5, 5.41) is 0.920. The minimum Gasteiger partial charge on any atom is -0.494 e. The minimum absolute atomic E-state index is 0.0669. The first kappa shape index (κ1) is 38.9. The van der Waals surface area contributed by atoms with Crippen LogP contribution in [0.1, 0.15) is 54.4 Å². The van der Waals surface area contributed by atoms with E-state index in [-0.39, 0.29) is 48.4 Å². The fraction of sp³-hybridized carbons (Fsp3) is 0.486. The van der Waals surface area contributed by atoms with Gasteiger partial charge in [-0.2, -0.15) is 0 Å². The Kier molecular flexibility index (Phi) is 14.6. The number of carbonyl (C=O) groups excluding carboxylic acids is 1. The molecule has 1 atom stereocenters. The smallest absolute Gasteiger partial charge is 0.315 e. The van der Waals surface area contributed by atoms with Crippen LogP contribution in [-0.2, 0) is 38.9 Å². The molecule has 0 spiro atoms. The number of methoxy groups -OCH3 is 1. The van der Waals surface area contributed by atoms with Crippen molar-refractivity contribution in [2.75, 3.05) is 52.1 Å². The number of hydrogen-bond acceptors (Lipinski definition) is 8. The Morgan fingerprint density at radius 3 is 2.10 bits per heavy atom. The number of hydrogen-bond donors (Lipinski definition) is 1. The van der Waals surface area contributed by atoms with Crippen LogP contribution in [-0.4, -0.2) is 76.9 Å². The van der Waals surface area contributed by atoms with Gasteiger partial charge >= 0.3 is 5.91 Å². The fourth-order valence-corrected chi connectivity index (χ4v) is 7.41. The molecule has 2 N–H and O–H groups in total. The van der Waals surface area contributed by atoms with Gasteiger partial charge in [0.1, 0.15) is 47.6 Å². The number of rotatable bonds is 21. The van der Waals surface area contributed by atoms with E-state index in [1.54, 1.807) is 19.2 Å². The van der Waals surface area contributed by atoms with Crippen LogP contribution in [0.2, 0.25) is 10.0 Å². The Labute approximate surface area is 301 Å². The Morgan fingerprint density at radius 2 is 1.47 bits per heavy atom. The minimum atomic E-state index is -3.07. The molecule has 1 saturated carbocycles. The summed E-state index contributed by atoms with van der Waals surface area (Å²) in [4.78, 5) is 14.0. The van der Waals surface area contributed by atoms with Crippen molar-refractivity contribution >= 4 is 38.9 Å². The molecule has 9 nitrogen and oxygen atoms in total. The summed E-state index contributed by atoms with van der Waals surface area (Å²) in [6, 6.07) is 17.8. The molecule has 268 valence electrons. The van der Waals surface area contributed by atoms with E-state index in [0.29, 0.717) is 60.0 Å². The van der Waals surface area contributed by atoms with Crippen LogP contribution in [0.15, 0.2) is 54.6 Å². The number of carbonyl (C=O) groups is 1. The van der Waals surface area contributed by atoms with Gasteiger partial charge in [-0.05, 0) is 91.9 Å². The van der Waals surface area contributed by atoms with Gasteiger partial charge in [0.2, 0.25) is 0 Å². The van der Waals surface area contributed by atoms with Crippen LogP contribution in [0, 0.1) is 6.92 Å². The van der Waals surface area contributed by atoms with Crippen molar-refractivity contribution < 1.29 is 36.6 Å². The van der Waals surface area contributed by atoms with Gasteiger partial charge in [0.05, 0.1) is 34.9 Å². The highest BCUT2D eigenvalue weighted by Gasteiger charge is 2.50. The molecule has 0 bridgehead atoms. The van der Waals surface area contributed by atoms with Crippen LogP contribution in [0.4, 0.5) is 0 Å². The first-order valence-electron chi connectivity index (χ1n) is 16.7. The molecule has 1 unspecified atom stereocenters. The summed E-state index contributed by atoms with van der Waals surface area (Å²) in [6.07, 6.45) is 5.49. The molecular formula is C37H49Cl2N2O7S+. The number of halogens is 2. The van der Waals surface area contributed by atoms with Crippen molar-refractivity contribution in [2.45, 2.75) is 64.6 Å². The van der Waals surface area contributed by atoms with Gasteiger partial charge in [0.15, 0.2) is 5.75 Å². The molecule has 3 aromatic carbocycles. The highest BCUT2D eigenvalue weighted by Crippen LogP contribution is 2.40. The van der Waals surface area contributed by atoms with E-state index >= 15 is 0 Å². The standard InChI is InChI=1S/C37H49Cl2N2O7S/c1-27-20-34(38)37(35(39)21-27)48-18-17-47-32-11-7-28(8-12-32)25-41(31-9-10-31,36(42)13-14-40)26-30-22-29(6-4-15-45-2)23-33(24-30)46-16-5-19-49(3,43)44/h7-8,11-12,20-24,31H,4-6,9-10,13-19,25-26,40H2,1-3H3/q+1. The lowest BCUT2D eigenvalue weighted by Crippen LogP contribution is -2.53. The van der Waals surface area contributed by atoms with Crippen molar-refractivity contribution in [3.63, 3.8) is 0 Å². The molecule has 0 heterocycles. The molecule has 0 saturated heterocycles. The summed E-state index contributed by atoms with van der Waals surface area (Å²) < 4.78 is 46.5. The third-order valence-electron chi connectivity index (χ3n) is 8.46. The number of nitrogens with two attached hydrogens (primary N) is 1. The lowest BCUT2D eigenvalue weighted by atomic mass is 10.0. The van der Waals surface area contributed by atoms with Crippen molar-refractivity contribution in [1.82, 2.24) is 0 Å². The number of sulfone groups is 1. The second-order valence-corrected chi connectivity index (χ2v) is 15.9. The Morgan fingerprint density at radius 1 is 0.837 bits per heavy atom. The van der Waals surface area contributed by atoms with E-state index < -0.39 is 9.84 Å². The number of amides is 1. The predicted molar refractivity (Wildman–Crippen MR) is 194 cm³/mol. The van der Waals surface area contributed by atoms with Gasteiger partial charge < -0.3 is 24.7 Å². The summed E-state index contributed by atoms with van der Waals surface area (Å²) in [6.45, 7) is 4.72. The number of aryl methyl sites for hydroxylation is 2. The molecule has 1 amide bonds. The SMILES string of the molecule is COCCCc1cc(C[N+](Cc2ccc(OCCOc3c(Cl)cc(C)cc3Cl)cc2)(C(=O)CCN)C2CC2)cc(OCCCS(C)(=O)=O)c1. The second-order valence-electron chi connectivity index (χ2n) is 12.8. The Hall–Kier alpha value is -2.86. The molecule has 49 heavy (non-hydrogen) atoms. The molecular weight excluding hydrogens is 687 g/mol. The first-order chi connectivity index (χ1) is 23.4. The van der Waals surface area contributed by atoms with Crippen molar-refractivity contribution in [3.05, 3.63) is 86.9 Å². The third-order valence-corrected chi connectivity index (χ3v) is 10.1. The molecule has 0 aromatic heterocycles. The van der Waals surface area contributed by atoms with Gasteiger partial charge in [-0.15, -0.1) is 0 Å². The maximum atomic E-state index is 14.0. The highest BCUT2D eigenvalue weighted by molar-refractivity contribution is 7.90. The Bertz CT molecular complexity index is 1630. The normalized spacial score (nSPS) is 14.3. The van der Waals surface area contributed by atoms with Gasteiger partial charge in [-0.25, -0.2) is 13.2 Å². The van der Waals surface area contributed by atoms with Crippen molar-refractivity contribution in [2.24, 2.45) is 5.73 Å². The zero-order valence-electron chi connectivity index (χ0n) is 28.7. The van der Waals surface area contributed by atoms with Crippen LogP contribution < -0.4 is 19.9 Å². The molecule has 1 aliphatic carbocycles. The van der Waals surface area contributed by atoms with E-state index in [1.807, 2.05) is 43.3 Å². The van der Waals surface area contributed by atoms with E-state index in [4.69, 9.17) is 47.9 Å². The number of nitrogens with zero attached hydrogens (tertiary/aromatic N) is 1. The summed E-state index contributed by atoms with van der Waals surface area (Å²) in [7, 11) is -1.39. The summed E-state index contributed by atoms with van der Waals surface area (Å²) in [5.41, 5.74) is 10.0. The molecule has 0 radical (unpaired) electrons. The molecule has 0 aliphatic heterocycles. The predicted octanol–water partition coefficient (Wildman–Crippen LogP) is 6.71. The largest absolute Gasteiger partial charge is 0.494 e. The summed E-state index contributed by atoms with van der Waals surface area (Å²) in [5.74, 6) is 1.99. The number of quaternary nitrogens is 1. The van der Waals surface area contributed by atoms with Crippen molar-refractivity contribution in [1.29, 1.82) is 0 Å². The topological polar surface area (TPSA) is 114 Å². The van der Waals surface area contributed by atoms with E-state index in [9.17, 15) is 13.2 Å². The lowest BCUT2D eigenvalue weighted by molar-refractivity contribution is -0.892. The highest BCUT2D eigenvalue weighted by atomic mass is 35.5. The molecule has 4 rings (SSSR count). The van der Waals surface area contributed by atoms with E-state index in [1.165, 1.54) is 6.26 Å². The third kappa shape index (κ3) is 12.2. The van der Waals surface area contributed by atoms with Gasteiger partial charge in [0, 0.05) is 50.5 Å². The van der Waals surface area contributed by atoms with Crippen LogP contribution in [0.25, 0.3) is 0 Å². The van der Waals surface area contributed by atoms with Gasteiger partial charge in [-0.1, -0.05) is 23.2 Å². The zero-order chi connectivity index (χ0) is 35.4. The zero-order valence-corrected chi connectivity index (χ0v) is 31.0.